The number of dihydropyridines is 1. The van der Waals surface area contributed by atoms with Crippen molar-refractivity contribution in [2.24, 2.45) is 5.73 Å². The molecular weight excluding hydrogens is 393 g/mol. The lowest BCUT2D eigenvalue weighted by atomic mass is 9.97. The number of carbonyl (C=O) groups is 2. The van der Waals surface area contributed by atoms with Gasteiger partial charge < -0.3 is 16.0 Å². The van der Waals surface area contributed by atoms with Gasteiger partial charge in [-0.2, -0.15) is 0 Å². The van der Waals surface area contributed by atoms with E-state index in [0.717, 1.165) is 24.0 Å². The molecule has 1 aromatic carbocycles. The molecule has 31 heavy (non-hydrogen) atoms. The Morgan fingerprint density at radius 1 is 1.35 bits per heavy atom. The average Bonchev–Trinajstić information content (AvgIpc) is 3.06. The molecule has 0 spiro atoms. The lowest BCUT2D eigenvalue weighted by Crippen LogP contribution is -2.36. The van der Waals surface area contributed by atoms with Gasteiger partial charge in [-0.15, -0.1) is 0 Å². The lowest BCUT2D eigenvalue weighted by Gasteiger charge is -2.28. The molecule has 166 valence electrons. The largest absolute Gasteiger partial charge is 0.385 e. The van der Waals surface area contributed by atoms with E-state index in [1.807, 2.05) is 32.9 Å². The van der Waals surface area contributed by atoms with Crippen molar-refractivity contribution >= 4 is 11.7 Å². The van der Waals surface area contributed by atoms with E-state index in [1.54, 1.807) is 17.0 Å². The highest BCUT2D eigenvalue weighted by molar-refractivity contribution is 5.99. The molecule has 0 bridgehead atoms. The number of Topliss-reactive ketones (excluding diaryl/α,β-unsaturated/α-hetero) is 1. The van der Waals surface area contributed by atoms with Crippen LogP contribution < -0.4 is 11.1 Å². The van der Waals surface area contributed by atoms with Crippen molar-refractivity contribution in [3.63, 3.8) is 0 Å². The minimum atomic E-state index is -0.384. The number of nitrogens with zero attached hydrogens (tertiary/aromatic N) is 1. The van der Waals surface area contributed by atoms with E-state index < -0.39 is 0 Å². The summed E-state index contributed by atoms with van der Waals surface area (Å²) in [5.74, 6) is 0.132. The number of nitrogens with two attached hydrogens (primary N) is 1. The number of nitrogens with one attached hydrogen (secondary N) is 1. The molecule has 2 unspecified atom stereocenters. The first-order valence-electron chi connectivity index (χ1n) is 11.0. The molecule has 0 aliphatic carbocycles. The summed E-state index contributed by atoms with van der Waals surface area (Å²) in [6.07, 6.45) is 6.85. The van der Waals surface area contributed by atoms with Gasteiger partial charge in [-0.05, 0) is 37.8 Å². The summed E-state index contributed by atoms with van der Waals surface area (Å²) in [7, 11) is 0. The van der Waals surface area contributed by atoms with Crippen molar-refractivity contribution in [3.8, 4) is 0 Å². The molecule has 5 nitrogen and oxygen atoms in total. The zero-order chi connectivity index (χ0) is 22.7. The first-order chi connectivity index (χ1) is 14.8. The van der Waals surface area contributed by atoms with E-state index in [4.69, 9.17) is 5.73 Å². The van der Waals surface area contributed by atoms with Crippen LogP contribution in [0.3, 0.4) is 0 Å². The Labute approximate surface area is 183 Å². The molecule has 0 saturated heterocycles. The van der Waals surface area contributed by atoms with Crippen LogP contribution in [0.15, 0.2) is 47.8 Å². The Bertz CT molecular complexity index is 964. The Kier molecular flexibility index (Phi) is 6.98. The normalized spacial score (nSPS) is 18.8. The number of ketones is 1. The predicted octanol–water partition coefficient (Wildman–Crippen LogP) is 4.66. The molecule has 0 radical (unpaired) electrons. The second kappa shape index (κ2) is 9.50. The van der Waals surface area contributed by atoms with Gasteiger partial charge in [0.2, 0.25) is 0 Å². The number of carbonyl (C=O) groups excluding carboxylic acids is 2. The molecule has 6 heteroatoms. The molecule has 3 rings (SSSR count). The quantitative estimate of drug-likeness (QED) is 0.565. The van der Waals surface area contributed by atoms with Crippen LogP contribution in [-0.2, 0) is 11.3 Å². The predicted molar refractivity (Wildman–Crippen MR) is 121 cm³/mol. The maximum atomic E-state index is 15.5. The van der Waals surface area contributed by atoms with Crippen molar-refractivity contribution in [1.29, 1.82) is 0 Å². The number of hydrogen-bond donors (Lipinski definition) is 2. The fourth-order valence-electron chi connectivity index (χ4n) is 4.35. The molecule has 1 aromatic rings. The second-order valence-electron chi connectivity index (χ2n) is 8.39. The van der Waals surface area contributed by atoms with Gasteiger partial charge in [-0.25, -0.2) is 4.39 Å². The van der Waals surface area contributed by atoms with Gasteiger partial charge in [-0.1, -0.05) is 44.2 Å². The van der Waals surface area contributed by atoms with Gasteiger partial charge in [0, 0.05) is 29.5 Å². The first-order valence-corrected chi connectivity index (χ1v) is 11.0. The van der Waals surface area contributed by atoms with E-state index in [9.17, 15) is 9.59 Å². The highest BCUT2D eigenvalue weighted by Crippen LogP contribution is 2.34. The van der Waals surface area contributed by atoms with Gasteiger partial charge >= 0.3 is 0 Å². The Morgan fingerprint density at radius 3 is 2.71 bits per heavy atom. The van der Waals surface area contributed by atoms with Gasteiger partial charge in [0.05, 0.1) is 24.4 Å². The third kappa shape index (κ3) is 4.58. The van der Waals surface area contributed by atoms with Crippen LogP contribution in [0.2, 0.25) is 0 Å². The molecule has 2 heterocycles. The maximum absolute atomic E-state index is 15.5. The van der Waals surface area contributed by atoms with Crippen LogP contribution in [0.4, 0.5) is 4.39 Å². The first kappa shape index (κ1) is 22.8. The van der Waals surface area contributed by atoms with Gasteiger partial charge in [-0.3, -0.25) is 9.59 Å². The Morgan fingerprint density at radius 2 is 2.10 bits per heavy atom. The number of allylic oxidation sites excluding steroid dienone is 2. The van der Waals surface area contributed by atoms with E-state index in [0.29, 0.717) is 41.8 Å². The summed E-state index contributed by atoms with van der Waals surface area (Å²) in [6, 6.07) is 2.68. The summed E-state index contributed by atoms with van der Waals surface area (Å²) in [5, 5.41) is 3.15. The van der Waals surface area contributed by atoms with Crippen molar-refractivity contribution < 1.29 is 14.0 Å². The Hall–Kier alpha value is -2.89. The highest BCUT2D eigenvalue weighted by atomic mass is 19.1. The lowest BCUT2D eigenvalue weighted by molar-refractivity contribution is -0.119. The fraction of sp³-hybridized carbons (Fsp3) is 0.440. The molecule has 1 amide bonds. The van der Waals surface area contributed by atoms with Gasteiger partial charge in [0.1, 0.15) is 11.6 Å². The van der Waals surface area contributed by atoms with E-state index >= 15 is 4.39 Å². The number of fused-ring (bicyclic) bond motifs is 1. The molecule has 2 aliphatic rings. The third-order valence-corrected chi connectivity index (χ3v) is 6.13. The van der Waals surface area contributed by atoms with Gasteiger partial charge in [0.25, 0.3) is 5.91 Å². The van der Waals surface area contributed by atoms with Crippen LogP contribution in [0.25, 0.3) is 0 Å². The Balaban J connectivity index is 1.82. The molecule has 0 aromatic heterocycles. The van der Waals surface area contributed by atoms with Crippen molar-refractivity contribution in [2.75, 3.05) is 0 Å². The maximum Gasteiger partial charge on any atom is 0.255 e. The van der Waals surface area contributed by atoms with Crippen LogP contribution in [0, 0.1) is 5.82 Å². The monoisotopic (exact) mass is 425 g/mol. The highest BCUT2D eigenvalue weighted by Gasteiger charge is 2.36. The zero-order valence-electron chi connectivity index (χ0n) is 18.6. The van der Waals surface area contributed by atoms with Crippen LogP contribution >= 0.6 is 0 Å². The molecule has 3 N–H and O–H groups in total. The van der Waals surface area contributed by atoms with Crippen LogP contribution in [-0.4, -0.2) is 22.6 Å². The fourth-order valence-corrected chi connectivity index (χ4v) is 4.35. The SMILES string of the molecule is C=C(C)C(CCC(=O)CCC)N1Cc2c(ccc(C3C=CC(CC)=C(N)N3)c2F)C1=O. The van der Waals surface area contributed by atoms with Crippen LogP contribution in [0.1, 0.15) is 80.4 Å². The molecule has 0 fully saturated rings. The van der Waals surface area contributed by atoms with Crippen molar-refractivity contribution in [1.82, 2.24) is 10.2 Å². The molecule has 0 saturated carbocycles. The zero-order valence-corrected chi connectivity index (χ0v) is 18.6. The summed E-state index contributed by atoms with van der Waals surface area (Å²) in [6.45, 7) is 10.0. The minimum Gasteiger partial charge on any atom is -0.385 e. The second-order valence-corrected chi connectivity index (χ2v) is 8.39. The average molecular weight is 426 g/mol. The van der Waals surface area contributed by atoms with Crippen molar-refractivity contribution in [2.45, 2.75) is 71.5 Å². The number of amides is 1. The topological polar surface area (TPSA) is 75.4 Å². The van der Waals surface area contributed by atoms with Gasteiger partial charge in [0.15, 0.2) is 0 Å². The van der Waals surface area contributed by atoms with E-state index in [2.05, 4.69) is 11.9 Å². The smallest absolute Gasteiger partial charge is 0.255 e. The third-order valence-electron chi connectivity index (χ3n) is 6.13. The van der Waals surface area contributed by atoms with E-state index in [-0.39, 0.29) is 36.1 Å². The minimum absolute atomic E-state index is 0.176. The summed E-state index contributed by atoms with van der Waals surface area (Å²) in [5.41, 5.74) is 9.10. The van der Waals surface area contributed by atoms with E-state index in [1.165, 1.54) is 0 Å². The number of rotatable bonds is 9. The van der Waals surface area contributed by atoms with Crippen LogP contribution in [0.5, 0.6) is 0 Å². The number of benzene rings is 1. The van der Waals surface area contributed by atoms with Crippen molar-refractivity contribution in [3.05, 3.63) is 70.3 Å². The number of halogens is 1. The summed E-state index contributed by atoms with van der Waals surface area (Å²) in [4.78, 5) is 26.7. The molecule has 2 atom stereocenters. The molecular formula is C25H32FN3O2. The number of hydrogen-bond acceptors (Lipinski definition) is 4. The standard InChI is InChI=1S/C25H32FN3O2/c1-5-7-17(30)9-13-22(15(3)4)29-14-20-18(25(29)31)10-11-19(23(20)26)21-12-8-16(6-2)24(27)28-21/h8,10-12,21-22,28H,3,5-7,9,13-14,27H2,1-2,4H3. The summed E-state index contributed by atoms with van der Waals surface area (Å²) < 4.78 is 15.5. The summed E-state index contributed by atoms with van der Waals surface area (Å²) >= 11 is 0. The molecule has 2 aliphatic heterocycles.